The van der Waals surface area contributed by atoms with Crippen LogP contribution >= 0.6 is 0 Å². The van der Waals surface area contributed by atoms with Gasteiger partial charge in [-0.2, -0.15) is 5.26 Å². The van der Waals surface area contributed by atoms with Crippen molar-refractivity contribution in [2.75, 3.05) is 6.61 Å². The molecule has 2 saturated heterocycles. The van der Waals surface area contributed by atoms with Crippen molar-refractivity contribution in [1.29, 1.82) is 5.26 Å². The Kier molecular flexibility index (Phi) is 3.05. The molecule has 2 bridgehead atoms. The number of fused-ring (bicyclic) bond motifs is 2. The maximum Gasteiger partial charge on any atom is 0.217 e. The van der Waals surface area contributed by atoms with E-state index in [9.17, 15) is 15.0 Å². The molecule has 7 heteroatoms. The number of aliphatic hydroxyl groups is 2. The zero-order valence-electron chi connectivity index (χ0n) is 9.29. The molecule has 1 amide bonds. The highest BCUT2D eigenvalue weighted by molar-refractivity contribution is 5.73. The first-order chi connectivity index (χ1) is 8.00. The van der Waals surface area contributed by atoms with Gasteiger partial charge in [0.15, 0.2) is 6.29 Å². The smallest absolute Gasteiger partial charge is 0.217 e. The van der Waals surface area contributed by atoms with E-state index in [2.05, 4.69) is 5.32 Å². The van der Waals surface area contributed by atoms with Crippen LogP contribution in [0.4, 0.5) is 0 Å². The number of ether oxygens (including phenoxy) is 2. The van der Waals surface area contributed by atoms with Crippen LogP contribution in [0.3, 0.4) is 0 Å². The second-order valence-electron chi connectivity index (χ2n) is 4.36. The lowest BCUT2D eigenvalue weighted by Gasteiger charge is -2.41. The number of hydrogen-bond acceptors (Lipinski definition) is 6. The standard InChI is InChI=1S/C10H14N2O5/c1-5(13)12-6-7(14)8(15)10(2-3-11)4-16-9(6)17-10/h6-9,14-15H,2,4H2,1H3,(H,12,13)/t6-,7-,8-,9+,10+/m1/s1. The Labute approximate surface area is 97.9 Å². The number of carbonyl (C=O) groups is 1. The fourth-order valence-corrected chi connectivity index (χ4v) is 2.24. The SMILES string of the molecule is CC(=O)N[C@H]1[C@H]2OC[C@](CC#N)(O2)[C@H](O)[C@@H]1O. The summed E-state index contributed by atoms with van der Waals surface area (Å²) in [6.45, 7) is 1.32. The Morgan fingerprint density at radius 3 is 2.94 bits per heavy atom. The lowest BCUT2D eigenvalue weighted by molar-refractivity contribution is -0.223. The van der Waals surface area contributed by atoms with Gasteiger partial charge in [-0.3, -0.25) is 4.79 Å². The number of carbonyl (C=O) groups excluding carboxylic acids is 1. The van der Waals surface area contributed by atoms with E-state index in [1.807, 2.05) is 6.07 Å². The summed E-state index contributed by atoms with van der Waals surface area (Å²) in [5.74, 6) is -0.354. The van der Waals surface area contributed by atoms with Gasteiger partial charge in [0, 0.05) is 6.92 Å². The Morgan fingerprint density at radius 2 is 2.35 bits per heavy atom. The lowest BCUT2D eigenvalue weighted by atomic mass is 9.86. The van der Waals surface area contributed by atoms with Gasteiger partial charge in [-0.15, -0.1) is 0 Å². The molecule has 0 aromatic heterocycles. The molecule has 0 aromatic carbocycles. The highest BCUT2D eigenvalue weighted by Gasteiger charge is 2.59. The van der Waals surface area contributed by atoms with Gasteiger partial charge >= 0.3 is 0 Å². The van der Waals surface area contributed by atoms with Crippen molar-refractivity contribution in [3.63, 3.8) is 0 Å². The van der Waals surface area contributed by atoms with Crippen molar-refractivity contribution >= 4 is 5.91 Å². The van der Waals surface area contributed by atoms with Gasteiger partial charge in [0.1, 0.15) is 23.9 Å². The number of hydrogen-bond donors (Lipinski definition) is 3. The number of rotatable bonds is 2. The van der Waals surface area contributed by atoms with Crippen molar-refractivity contribution in [2.24, 2.45) is 0 Å². The molecule has 0 unspecified atom stereocenters. The van der Waals surface area contributed by atoms with Crippen LogP contribution in [0.5, 0.6) is 0 Å². The third-order valence-corrected chi connectivity index (χ3v) is 3.11. The molecule has 0 spiro atoms. The fraction of sp³-hybridized carbons (Fsp3) is 0.800. The van der Waals surface area contributed by atoms with Crippen LogP contribution < -0.4 is 5.32 Å². The average Bonchev–Trinajstić information content (AvgIpc) is 2.65. The van der Waals surface area contributed by atoms with Crippen LogP contribution in [0.25, 0.3) is 0 Å². The summed E-state index contributed by atoms with van der Waals surface area (Å²) >= 11 is 0. The average molecular weight is 242 g/mol. The topological polar surface area (TPSA) is 112 Å². The molecule has 2 rings (SSSR count). The molecule has 2 heterocycles. The Morgan fingerprint density at radius 1 is 1.65 bits per heavy atom. The summed E-state index contributed by atoms with van der Waals surface area (Å²) < 4.78 is 10.7. The van der Waals surface area contributed by atoms with Crippen molar-refractivity contribution in [1.82, 2.24) is 5.32 Å². The number of nitriles is 1. The van der Waals surface area contributed by atoms with Crippen molar-refractivity contribution in [2.45, 2.75) is 43.5 Å². The van der Waals surface area contributed by atoms with Gasteiger partial charge in [0.2, 0.25) is 5.91 Å². The molecule has 2 fully saturated rings. The first-order valence-electron chi connectivity index (χ1n) is 5.30. The third kappa shape index (κ3) is 1.89. The number of amides is 1. The van der Waals surface area contributed by atoms with Gasteiger partial charge in [-0.1, -0.05) is 0 Å². The summed E-state index contributed by atoms with van der Waals surface area (Å²) in [5, 5.41) is 31.1. The first kappa shape index (κ1) is 12.3. The molecule has 0 aliphatic carbocycles. The molecule has 0 saturated carbocycles. The van der Waals surface area contributed by atoms with Gasteiger partial charge in [0.25, 0.3) is 0 Å². The van der Waals surface area contributed by atoms with Gasteiger partial charge in [-0.25, -0.2) is 0 Å². The van der Waals surface area contributed by atoms with Crippen LogP contribution in [0.15, 0.2) is 0 Å². The number of nitrogens with one attached hydrogen (secondary N) is 1. The van der Waals surface area contributed by atoms with Crippen LogP contribution in [0.1, 0.15) is 13.3 Å². The quantitative estimate of drug-likeness (QED) is 0.529. The Hall–Kier alpha value is -1.20. The van der Waals surface area contributed by atoms with Gasteiger partial charge in [-0.05, 0) is 0 Å². The first-order valence-corrected chi connectivity index (χ1v) is 5.30. The lowest BCUT2D eigenvalue weighted by Crippen LogP contribution is -2.65. The second kappa shape index (κ2) is 4.23. The minimum absolute atomic E-state index is 0.0273. The summed E-state index contributed by atoms with van der Waals surface area (Å²) in [6.07, 6.45) is -3.38. The van der Waals surface area contributed by atoms with Crippen LogP contribution in [0, 0.1) is 11.3 Å². The molecule has 2 aliphatic heterocycles. The minimum atomic E-state index is -1.27. The highest BCUT2D eigenvalue weighted by Crippen LogP contribution is 2.38. The van der Waals surface area contributed by atoms with Crippen molar-refractivity contribution in [3.05, 3.63) is 0 Å². The molecule has 3 N–H and O–H groups in total. The summed E-state index contributed by atoms with van der Waals surface area (Å²) in [7, 11) is 0. The van der Waals surface area contributed by atoms with Gasteiger partial charge in [0.05, 0.1) is 19.1 Å². The van der Waals surface area contributed by atoms with E-state index in [0.717, 1.165) is 0 Å². The zero-order valence-corrected chi connectivity index (χ0v) is 9.29. The maximum absolute atomic E-state index is 11.0. The van der Waals surface area contributed by atoms with Crippen LogP contribution in [0.2, 0.25) is 0 Å². The largest absolute Gasteiger partial charge is 0.388 e. The molecule has 2 aliphatic rings. The second-order valence-corrected chi connectivity index (χ2v) is 4.36. The van der Waals surface area contributed by atoms with E-state index in [1.165, 1.54) is 6.92 Å². The van der Waals surface area contributed by atoms with Crippen LogP contribution in [-0.2, 0) is 14.3 Å². The predicted molar refractivity (Wildman–Crippen MR) is 53.4 cm³/mol. The highest BCUT2D eigenvalue weighted by atomic mass is 16.7. The summed E-state index contributed by atoms with van der Waals surface area (Å²) in [6, 6.07) is 1.08. The molecule has 0 radical (unpaired) electrons. The number of nitrogens with zero attached hydrogens (tertiary/aromatic N) is 1. The van der Waals surface area contributed by atoms with Crippen LogP contribution in [-0.4, -0.2) is 52.9 Å². The minimum Gasteiger partial charge on any atom is -0.388 e. The van der Waals surface area contributed by atoms with E-state index < -0.39 is 30.1 Å². The Bertz CT molecular complexity index is 368. The molecular formula is C10H14N2O5. The summed E-state index contributed by atoms with van der Waals surface area (Å²) in [4.78, 5) is 11.0. The molecule has 17 heavy (non-hydrogen) atoms. The van der Waals surface area contributed by atoms with Crippen molar-refractivity contribution < 1.29 is 24.5 Å². The third-order valence-electron chi connectivity index (χ3n) is 3.11. The van der Waals surface area contributed by atoms with Gasteiger partial charge < -0.3 is 25.0 Å². The van der Waals surface area contributed by atoms with E-state index in [0.29, 0.717) is 0 Å². The normalized spacial score (nSPS) is 44.1. The molecule has 94 valence electrons. The van der Waals surface area contributed by atoms with E-state index in [1.54, 1.807) is 0 Å². The van der Waals surface area contributed by atoms with Crippen molar-refractivity contribution in [3.8, 4) is 6.07 Å². The molecule has 7 nitrogen and oxygen atoms in total. The van der Waals surface area contributed by atoms with E-state index >= 15 is 0 Å². The summed E-state index contributed by atoms with van der Waals surface area (Å²) in [5.41, 5.74) is -1.19. The molecule has 0 aromatic rings. The maximum atomic E-state index is 11.0. The monoisotopic (exact) mass is 242 g/mol. The molecule has 5 atom stereocenters. The zero-order chi connectivity index (χ0) is 12.6. The predicted octanol–water partition coefficient (Wildman–Crippen LogP) is -1.75. The van der Waals surface area contributed by atoms with E-state index in [-0.39, 0.29) is 18.9 Å². The number of aliphatic hydroxyl groups excluding tert-OH is 2. The van der Waals surface area contributed by atoms with E-state index in [4.69, 9.17) is 14.7 Å². The fourth-order valence-electron chi connectivity index (χ4n) is 2.24. The Balaban J connectivity index is 2.20. The molecular weight excluding hydrogens is 228 g/mol.